The zero-order valence-corrected chi connectivity index (χ0v) is 9.61. The van der Waals surface area contributed by atoms with Crippen molar-refractivity contribution in [2.45, 2.75) is 18.9 Å². The Morgan fingerprint density at radius 1 is 1.44 bits per heavy atom. The molecule has 0 bridgehead atoms. The van der Waals surface area contributed by atoms with E-state index in [9.17, 15) is 9.90 Å². The molecule has 3 nitrogen and oxygen atoms in total. The van der Waals surface area contributed by atoms with E-state index in [1.165, 1.54) is 0 Å². The van der Waals surface area contributed by atoms with Crippen LogP contribution in [0.25, 0.3) is 0 Å². The highest BCUT2D eigenvalue weighted by atomic mass is 32.1. The molecule has 1 N–H and O–H groups in total. The van der Waals surface area contributed by atoms with Gasteiger partial charge in [0.05, 0.1) is 4.99 Å². The average molecular weight is 235 g/mol. The second kappa shape index (κ2) is 4.61. The first kappa shape index (κ1) is 11.1. The lowest BCUT2D eigenvalue weighted by Crippen LogP contribution is -2.53. The van der Waals surface area contributed by atoms with Crippen molar-refractivity contribution in [3.05, 3.63) is 35.9 Å². The monoisotopic (exact) mass is 235 g/mol. The molecule has 1 aromatic rings. The fourth-order valence-corrected chi connectivity index (χ4v) is 2.14. The van der Waals surface area contributed by atoms with Crippen LogP contribution >= 0.6 is 12.2 Å². The second-order valence-electron chi connectivity index (χ2n) is 3.88. The lowest BCUT2D eigenvalue weighted by molar-refractivity contribution is -0.142. The van der Waals surface area contributed by atoms with Gasteiger partial charge in [0, 0.05) is 19.4 Å². The topological polar surface area (TPSA) is 40.5 Å². The summed E-state index contributed by atoms with van der Waals surface area (Å²) in [5.74, 6) is -0.800. The summed E-state index contributed by atoms with van der Waals surface area (Å²) in [6.07, 6.45) is 1.35. The summed E-state index contributed by atoms with van der Waals surface area (Å²) < 4.78 is 0. The Morgan fingerprint density at radius 3 is 2.56 bits per heavy atom. The van der Waals surface area contributed by atoms with Gasteiger partial charge in [-0.15, -0.1) is 0 Å². The summed E-state index contributed by atoms with van der Waals surface area (Å²) in [5, 5.41) is 9.19. The first-order chi connectivity index (χ1) is 7.68. The molecular weight excluding hydrogens is 222 g/mol. The Bertz CT molecular complexity index is 405. The number of thiocarbonyl (C=S) groups is 1. The normalized spacial score (nSPS) is 16.8. The number of likely N-dealkylation sites (tertiary alicyclic amines) is 1. The Hall–Kier alpha value is -1.42. The van der Waals surface area contributed by atoms with Crippen molar-refractivity contribution in [2.75, 3.05) is 6.54 Å². The van der Waals surface area contributed by atoms with E-state index in [0.29, 0.717) is 6.42 Å². The fourth-order valence-electron chi connectivity index (χ4n) is 1.83. The minimum Gasteiger partial charge on any atom is -0.480 e. The van der Waals surface area contributed by atoms with Gasteiger partial charge in [-0.3, -0.25) is 0 Å². The molecule has 1 heterocycles. The summed E-state index contributed by atoms with van der Waals surface area (Å²) in [4.78, 5) is 13.7. The number of hydrogen-bond donors (Lipinski definition) is 1. The lowest BCUT2D eigenvalue weighted by Gasteiger charge is -2.38. The zero-order valence-electron chi connectivity index (χ0n) is 8.80. The van der Waals surface area contributed by atoms with Crippen molar-refractivity contribution >= 4 is 23.2 Å². The third-order valence-electron chi connectivity index (χ3n) is 2.82. The van der Waals surface area contributed by atoms with Crippen LogP contribution in [0.5, 0.6) is 0 Å². The first-order valence-corrected chi connectivity index (χ1v) is 5.65. The number of carboxylic acids is 1. The number of aliphatic carboxylic acids is 1. The maximum Gasteiger partial charge on any atom is 0.326 e. The SMILES string of the molecule is O=C(O)[C@H](Cc1ccccc1)N1CCC1=S. The molecule has 0 aliphatic carbocycles. The molecule has 84 valence electrons. The minimum atomic E-state index is -0.800. The number of carboxylic acid groups (broad SMARTS) is 1. The van der Waals surface area contributed by atoms with E-state index in [-0.39, 0.29) is 0 Å². The van der Waals surface area contributed by atoms with Crippen molar-refractivity contribution < 1.29 is 9.90 Å². The van der Waals surface area contributed by atoms with Crippen LogP contribution in [0.15, 0.2) is 30.3 Å². The number of benzene rings is 1. The maximum atomic E-state index is 11.2. The molecule has 1 fully saturated rings. The van der Waals surface area contributed by atoms with Crippen molar-refractivity contribution in [3.8, 4) is 0 Å². The van der Waals surface area contributed by atoms with Gasteiger partial charge in [-0.05, 0) is 5.56 Å². The van der Waals surface area contributed by atoms with Crippen molar-refractivity contribution in [3.63, 3.8) is 0 Å². The van der Waals surface area contributed by atoms with Crippen LogP contribution in [0.3, 0.4) is 0 Å². The molecule has 0 unspecified atom stereocenters. The van der Waals surface area contributed by atoms with Crippen LogP contribution < -0.4 is 0 Å². The number of carbonyl (C=O) groups is 1. The number of hydrogen-bond acceptors (Lipinski definition) is 2. The van der Waals surface area contributed by atoms with Gasteiger partial charge in [-0.2, -0.15) is 0 Å². The van der Waals surface area contributed by atoms with E-state index < -0.39 is 12.0 Å². The lowest BCUT2D eigenvalue weighted by atomic mass is 10.0. The standard InChI is InChI=1S/C12H13NO2S/c14-12(15)10(13-7-6-11(13)16)8-9-4-2-1-3-5-9/h1-5,10H,6-8H2,(H,14,15)/t10-/m0/s1. The zero-order chi connectivity index (χ0) is 11.5. The largest absolute Gasteiger partial charge is 0.480 e. The fraction of sp³-hybridized carbons (Fsp3) is 0.333. The highest BCUT2D eigenvalue weighted by Gasteiger charge is 2.32. The second-order valence-corrected chi connectivity index (χ2v) is 4.35. The Kier molecular flexibility index (Phi) is 3.19. The van der Waals surface area contributed by atoms with E-state index in [0.717, 1.165) is 23.5 Å². The van der Waals surface area contributed by atoms with E-state index in [1.54, 1.807) is 4.90 Å². The third kappa shape index (κ3) is 2.22. The van der Waals surface area contributed by atoms with E-state index in [1.807, 2.05) is 30.3 Å². The molecule has 4 heteroatoms. The molecule has 0 amide bonds. The van der Waals surface area contributed by atoms with Gasteiger partial charge in [0.15, 0.2) is 0 Å². The van der Waals surface area contributed by atoms with Gasteiger partial charge in [-0.1, -0.05) is 42.5 Å². The maximum absolute atomic E-state index is 11.2. The average Bonchev–Trinajstić information content (AvgIpc) is 2.27. The van der Waals surface area contributed by atoms with Crippen LogP contribution in [0.2, 0.25) is 0 Å². The molecule has 1 saturated heterocycles. The number of nitrogens with zero attached hydrogens (tertiary/aromatic N) is 1. The van der Waals surface area contributed by atoms with Crippen LogP contribution in [0.1, 0.15) is 12.0 Å². The predicted molar refractivity (Wildman–Crippen MR) is 65.5 cm³/mol. The smallest absolute Gasteiger partial charge is 0.326 e. The molecule has 2 rings (SSSR count). The summed E-state index contributed by atoms with van der Waals surface area (Å²) >= 11 is 5.08. The molecule has 1 atom stereocenters. The molecule has 0 saturated carbocycles. The van der Waals surface area contributed by atoms with Gasteiger partial charge in [-0.25, -0.2) is 4.79 Å². The van der Waals surface area contributed by atoms with Crippen molar-refractivity contribution in [2.24, 2.45) is 0 Å². The van der Waals surface area contributed by atoms with Crippen LogP contribution in [0.4, 0.5) is 0 Å². The van der Waals surface area contributed by atoms with Gasteiger partial charge in [0.2, 0.25) is 0 Å². The molecule has 0 radical (unpaired) electrons. The van der Waals surface area contributed by atoms with E-state index in [4.69, 9.17) is 12.2 Å². The molecule has 16 heavy (non-hydrogen) atoms. The first-order valence-electron chi connectivity index (χ1n) is 5.24. The Balaban J connectivity index is 2.09. The number of rotatable bonds is 4. The van der Waals surface area contributed by atoms with Crippen LogP contribution in [-0.4, -0.2) is 33.6 Å². The molecule has 1 aromatic carbocycles. The van der Waals surface area contributed by atoms with Gasteiger partial charge >= 0.3 is 5.97 Å². The minimum absolute atomic E-state index is 0.510. The molecule has 0 aromatic heterocycles. The molecule has 1 aliphatic heterocycles. The molecular formula is C12H13NO2S. The van der Waals surface area contributed by atoms with E-state index in [2.05, 4.69) is 0 Å². The Labute approximate surface area is 99.7 Å². The van der Waals surface area contributed by atoms with Crippen LogP contribution in [0, 0.1) is 0 Å². The van der Waals surface area contributed by atoms with Crippen molar-refractivity contribution in [1.82, 2.24) is 4.90 Å². The van der Waals surface area contributed by atoms with E-state index >= 15 is 0 Å². The van der Waals surface area contributed by atoms with Gasteiger partial charge in [0.25, 0.3) is 0 Å². The summed E-state index contributed by atoms with van der Waals surface area (Å²) in [6, 6.07) is 9.14. The third-order valence-corrected chi connectivity index (χ3v) is 3.26. The summed E-state index contributed by atoms with van der Waals surface area (Å²) in [5.41, 5.74) is 1.03. The predicted octanol–water partition coefficient (Wildman–Crippen LogP) is 1.72. The Morgan fingerprint density at radius 2 is 2.12 bits per heavy atom. The summed E-state index contributed by atoms with van der Waals surface area (Å²) in [7, 11) is 0. The molecule has 0 spiro atoms. The molecule has 1 aliphatic rings. The highest BCUT2D eigenvalue weighted by molar-refractivity contribution is 7.80. The quantitative estimate of drug-likeness (QED) is 0.807. The van der Waals surface area contributed by atoms with Gasteiger partial charge in [0.1, 0.15) is 6.04 Å². The highest BCUT2D eigenvalue weighted by Crippen LogP contribution is 2.18. The van der Waals surface area contributed by atoms with Gasteiger partial charge < -0.3 is 10.0 Å². The van der Waals surface area contributed by atoms with Crippen LogP contribution in [-0.2, 0) is 11.2 Å². The van der Waals surface area contributed by atoms with Crippen molar-refractivity contribution in [1.29, 1.82) is 0 Å². The summed E-state index contributed by atoms with van der Waals surface area (Å²) in [6.45, 7) is 0.767.